The highest BCUT2D eigenvalue weighted by Crippen LogP contribution is 2.27. The molecule has 0 aliphatic rings. The monoisotopic (exact) mass is 240 g/mol. The fourth-order valence-electron chi connectivity index (χ4n) is 1.47. The summed E-state index contributed by atoms with van der Waals surface area (Å²) < 4.78 is 11.3. The van der Waals surface area contributed by atoms with Crippen LogP contribution in [0.5, 0.6) is 0 Å². The zero-order chi connectivity index (χ0) is 13.3. The van der Waals surface area contributed by atoms with E-state index in [0.29, 0.717) is 0 Å². The van der Waals surface area contributed by atoms with E-state index in [-0.39, 0.29) is 5.41 Å². The summed E-state index contributed by atoms with van der Waals surface area (Å²) in [7, 11) is 0. The van der Waals surface area contributed by atoms with Gasteiger partial charge in [-0.05, 0) is 51.7 Å². The number of ether oxygens (including phenoxy) is 2. The lowest BCUT2D eigenvalue weighted by Gasteiger charge is -2.30. The van der Waals surface area contributed by atoms with Gasteiger partial charge in [-0.2, -0.15) is 0 Å². The summed E-state index contributed by atoms with van der Waals surface area (Å²) in [6, 6.07) is 0. The van der Waals surface area contributed by atoms with Crippen LogP contribution in [0.4, 0.5) is 0 Å². The molecule has 17 heavy (non-hydrogen) atoms. The van der Waals surface area contributed by atoms with Gasteiger partial charge in [-0.15, -0.1) is 0 Å². The first kappa shape index (κ1) is 16.1. The molecule has 0 aromatic heterocycles. The second kappa shape index (κ2) is 8.21. The van der Waals surface area contributed by atoms with E-state index in [4.69, 9.17) is 9.47 Å². The normalized spacial score (nSPS) is 10.7. The first-order valence-electron chi connectivity index (χ1n) is 6.45. The van der Waals surface area contributed by atoms with Gasteiger partial charge in [0.1, 0.15) is 0 Å². The van der Waals surface area contributed by atoms with Crippen LogP contribution in [0.2, 0.25) is 0 Å². The summed E-state index contributed by atoms with van der Waals surface area (Å²) in [5.74, 6) is 0. The predicted octanol–water partition coefficient (Wildman–Crippen LogP) is 4.67. The van der Waals surface area contributed by atoms with Gasteiger partial charge in [-0.1, -0.05) is 13.8 Å². The molecular formula is C15H28O2. The van der Waals surface area contributed by atoms with E-state index >= 15 is 0 Å². The Labute approximate surface area is 107 Å². The Hall–Kier alpha value is -0.920. The van der Waals surface area contributed by atoms with Crippen molar-refractivity contribution < 1.29 is 9.47 Å². The molecule has 0 unspecified atom stereocenters. The Morgan fingerprint density at radius 1 is 0.824 bits per heavy atom. The summed E-state index contributed by atoms with van der Waals surface area (Å²) in [5.41, 5.74) is 2.50. The summed E-state index contributed by atoms with van der Waals surface area (Å²) in [4.78, 5) is 0. The maximum Gasteiger partial charge on any atom is 0.0961 e. The molecule has 0 aliphatic carbocycles. The van der Waals surface area contributed by atoms with Gasteiger partial charge in [0.25, 0.3) is 0 Å². The van der Waals surface area contributed by atoms with Gasteiger partial charge in [0.15, 0.2) is 0 Å². The number of rotatable bonds is 8. The van der Waals surface area contributed by atoms with Gasteiger partial charge in [-0.25, -0.2) is 0 Å². The van der Waals surface area contributed by atoms with Gasteiger partial charge in [0.05, 0.1) is 25.7 Å². The van der Waals surface area contributed by atoms with Crippen molar-refractivity contribution in [2.45, 2.75) is 54.4 Å². The van der Waals surface area contributed by atoms with Crippen molar-refractivity contribution in [1.82, 2.24) is 0 Å². The first-order chi connectivity index (χ1) is 7.95. The quantitative estimate of drug-likeness (QED) is 0.574. The van der Waals surface area contributed by atoms with Crippen LogP contribution in [0.1, 0.15) is 54.4 Å². The van der Waals surface area contributed by atoms with Crippen LogP contribution in [0.15, 0.2) is 23.7 Å². The SMILES string of the molecule is CCC(CC)(COC=C(C)C)COC=C(C)C. The Morgan fingerprint density at radius 3 is 1.41 bits per heavy atom. The topological polar surface area (TPSA) is 18.5 Å². The van der Waals surface area contributed by atoms with Crippen LogP contribution in [-0.2, 0) is 9.47 Å². The third-order valence-electron chi connectivity index (χ3n) is 2.92. The second-order valence-electron chi connectivity index (χ2n) is 5.22. The lowest BCUT2D eigenvalue weighted by Crippen LogP contribution is -2.29. The van der Waals surface area contributed by atoms with E-state index in [9.17, 15) is 0 Å². The van der Waals surface area contributed by atoms with Gasteiger partial charge in [0, 0.05) is 5.41 Å². The minimum atomic E-state index is 0.123. The van der Waals surface area contributed by atoms with Gasteiger partial charge in [-0.3, -0.25) is 0 Å². The fourth-order valence-corrected chi connectivity index (χ4v) is 1.47. The predicted molar refractivity (Wildman–Crippen MR) is 73.8 cm³/mol. The Morgan fingerprint density at radius 2 is 1.18 bits per heavy atom. The van der Waals surface area contributed by atoms with E-state index in [1.54, 1.807) is 0 Å². The lowest BCUT2D eigenvalue weighted by atomic mass is 9.84. The molecule has 0 saturated carbocycles. The highest BCUT2D eigenvalue weighted by Gasteiger charge is 2.27. The molecule has 2 heteroatoms. The Kier molecular flexibility index (Phi) is 7.77. The molecule has 0 amide bonds. The molecule has 0 heterocycles. The fraction of sp³-hybridized carbons (Fsp3) is 0.733. The zero-order valence-corrected chi connectivity index (χ0v) is 12.3. The molecule has 0 atom stereocenters. The molecule has 0 spiro atoms. The molecule has 0 aromatic carbocycles. The third kappa shape index (κ3) is 7.09. The van der Waals surface area contributed by atoms with Gasteiger partial charge >= 0.3 is 0 Å². The average Bonchev–Trinajstić information content (AvgIpc) is 2.26. The largest absolute Gasteiger partial charge is 0.501 e. The van der Waals surface area contributed by atoms with Crippen molar-refractivity contribution in [3.8, 4) is 0 Å². The molecule has 100 valence electrons. The smallest absolute Gasteiger partial charge is 0.0961 e. The molecule has 0 fully saturated rings. The molecule has 0 rings (SSSR count). The van der Waals surface area contributed by atoms with E-state index in [1.165, 1.54) is 11.1 Å². The highest BCUT2D eigenvalue weighted by molar-refractivity contribution is 4.89. The van der Waals surface area contributed by atoms with Crippen LogP contribution in [0.25, 0.3) is 0 Å². The standard InChI is InChI=1S/C15H28O2/c1-7-15(8-2,11-16-9-13(3)4)12-17-10-14(5)6/h9-10H,7-8,11-12H2,1-6H3. The number of allylic oxidation sites excluding steroid dienone is 2. The van der Waals surface area contributed by atoms with E-state index < -0.39 is 0 Å². The summed E-state index contributed by atoms with van der Waals surface area (Å²) in [6.07, 6.45) is 5.80. The first-order valence-corrected chi connectivity index (χ1v) is 6.45. The third-order valence-corrected chi connectivity index (χ3v) is 2.92. The highest BCUT2D eigenvalue weighted by atomic mass is 16.5. The summed E-state index contributed by atoms with van der Waals surface area (Å²) >= 11 is 0. The summed E-state index contributed by atoms with van der Waals surface area (Å²) in [6.45, 7) is 14.0. The van der Waals surface area contributed by atoms with Crippen LogP contribution < -0.4 is 0 Å². The van der Waals surface area contributed by atoms with Crippen molar-refractivity contribution in [3.63, 3.8) is 0 Å². The van der Waals surface area contributed by atoms with E-state index in [1.807, 2.05) is 40.2 Å². The molecule has 0 N–H and O–H groups in total. The van der Waals surface area contributed by atoms with Crippen molar-refractivity contribution in [2.24, 2.45) is 5.41 Å². The Bertz CT molecular complexity index is 228. The molecule has 0 aromatic rings. The lowest BCUT2D eigenvalue weighted by molar-refractivity contribution is 0.0310. The second-order valence-corrected chi connectivity index (χ2v) is 5.22. The molecular weight excluding hydrogens is 212 g/mol. The van der Waals surface area contributed by atoms with Crippen LogP contribution in [0.3, 0.4) is 0 Å². The van der Waals surface area contributed by atoms with Crippen LogP contribution in [0, 0.1) is 5.41 Å². The van der Waals surface area contributed by atoms with Gasteiger partial charge < -0.3 is 9.47 Å². The van der Waals surface area contributed by atoms with Crippen molar-refractivity contribution in [2.75, 3.05) is 13.2 Å². The Balaban J connectivity index is 4.34. The molecule has 0 saturated heterocycles. The average molecular weight is 240 g/mol. The maximum absolute atomic E-state index is 5.64. The maximum atomic E-state index is 5.64. The van der Waals surface area contributed by atoms with Crippen molar-refractivity contribution in [3.05, 3.63) is 23.7 Å². The number of hydrogen-bond donors (Lipinski definition) is 0. The van der Waals surface area contributed by atoms with Crippen LogP contribution in [-0.4, -0.2) is 13.2 Å². The van der Waals surface area contributed by atoms with Crippen LogP contribution >= 0.6 is 0 Å². The van der Waals surface area contributed by atoms with Gasteiger partial charge in [0.2, 0.25) is 0 Å². The minimum Gasteiger partial charge on any atom is -0.501 e. The van der Waals surface area contributed by atoms with E-state index in [0.717, 1.165) is 26.1 Å². The zero-order valence-electron chi connectivity index (χ0n) is 12.3. The van der Waals surface area contributed by atoms with Crippen molar-refractivity contribution in [1.29, 1.82) is 0 Å². The molecule has 0 bridgehead atoms. The summed E-state index contributed by atoms with van der Waals surface area (Å²) in [5, 5.41) is 0. The minimum absolute atomic E-state index is 0.123. The van der Waals surface area contributed by atoms with E-state index in [2.05, 4.69) is 13.8 Å². The molecule has 2 nitrogen and oxygen atoms in total. The number of hydrogen-bond acceptors (Lipinski definition) is 2. The molecule has 0 radical (unpaired) electrons. The molecule has 0 aliphatic heterocycles. The van der Waals surface area contributed by atoms with Crippen molar-refractivity contribution >= 4 is 0 Å².